The molecule has 0 saturated heterocycles. The molecule has 2 aromatic rings. The molecule has 1 aliphatic rings. The maximum absolute atomic E-state index is 6.07. The number of halogens is 1. The largest absolute Gasteiger partial charge is 0.456 e. The van der Waals surface area contributed by atoms with E-state index in [1.54, 1.807) is 11.8 Å². The van der Waals surface area contributed by atoms with Gasteiger partial charge in [-0.25, -0.2) is 0 Å². The van der Waals surface area contributed by atoms with Crippen molar-refractivity contribution in [2.24, 2.45) is 0 Å². The lowest BCUT2D eigenvalue weighted by atomic mass is 10.1. The molecule has 0 aromatic heterocycles. The molecule has 3 heteroatoms. The van der Waals surface area contributed by atoms with Gasteiger partial charge in [0.1, 0.15) is 11.5 Å². The topological polar surface area (TPSA) is 9.23 Å². The van der Waals surface area contributed by atoms with Crippen LogP contribution in [0, 0.1) is 0 Å². The summed E-state index contributed by atoms with van der Waals surface area (Å²) in [6, 6.07) is 16.8. The number of benzene rings is 2. The zero-order valence-corrected chi connectivity index (χ0v) is 13.5. The first-order chi connectivity index (χ1) is 9.28. The van der Waals surface area contributed by atoms with E-state index >= 15 is 0 Å². The Hall–Kier alpha value is -0.940. The number of ether oxygens (including phenoxy) is 1. The molecule has 0 fully saturated rings. The van der Waals surface area contributed by atoms with Crippen molar-refractivity contribution in [3.8, 4) is 5.75 Å². The summed E-state index contributed by atoms with van der Waals surface area (Å²) in [6.07, 6.45) is 3.04. The first-order valence-electron chi connectivity index (χ1n) is 6.07. The van der Waals surface area contributed by atoms with E-state index in [2.05, 4.69) is 65.2 Å². The highest BCUT2D eigenvalue weighted by Crippen LogP contribution is 2.37. The first kappa shape index (κ1) is 13.1. The van der Waals surface area contributed by atoms with Gasteiger partial charge in [-0.05, 0) is 52.6 Å². The zero-order valence-electron chi connectivity index (χ0n) is 10.5. The van der Waals surface area contributed by atoms with E-state index in [9.17, 15) is 0 Å². The minimum atomic E-state index is 0.955. The van der Waals surface area contributed by atoms with Crippen LogP contribution in [-0.4, -0.2) is 6.26 Å². The molecule has 1 heterocycles. The Morgan fingerprint density at radius 3 is 2.53 bits per heavy atom. The molecule has 0 amide bonds. The predicted octanol–water partition coefficient (Wildman–Crippen LogP) is 5.15. The first-order valence-corrected chi connectivity index (χ1v) is 8.37. The van der Waals surface area contributed by atoms with E-state index in [1.165, 1.54) is 14.0 Å². The van der Waals surface area contributed by atoms with Gasteiger partial charge in [-0.3, -0.25) is 0 Å². The number of allylic oxidation sites excluding steroid dienone is 1. The number of rotatable bonds is 2. The van der Waals surface area contributed by atoms with Crippen LogP contribution < -0.4 is 4.74 Å². The van der Waals surface area contributed by atoms with Crippen LogP contribution in [0.2, 0.25) is 0 Å². The van der Waals surface area contributed by atoms with Gasteiger partial charge < -0.3 is 4.74 Å². The number of hydrogen-bond acceptors (Lipinski definition) is 2. The van der Waals surface area contributed by atoms with Crippen LogP contribution in [0.1, 0.15) is 11.1 Å². The average molecular weight is 380 g/mol. The summed E-state index contributed by atoms with van der Waals surface area (Å²) in [6.45, 7) is 0. The Morgan fingerprint density at radius 1 is 1.05 bits per heavy atom. The highest BCUT2D eigenvalue weighted by atomic mass is 127. The maximum Gasteiger partial charge on any atom is 0.144 e. The summed E-state index contributed by atoms with van der Waals surface area (Å²) < 4.78 is 7.33. The molecule has 3 rings (SSSR count). The fourth-order valence-corrected chi connectivity index (χ4v) is 3.36. The number of fused-ring (bicyclic) bond motifs is 1. The quantitative estimate of drug-likeness (QED) is 0.527. The van der Waals surface area contributed by atoms with Gasteiger partial charge in [0, 0.05) is 20.5 Å². The molecule has 0 radical (unpaired) electrons. The van der Waals surface area contributed by atoms with Crippen LogP contribution in [0.25, 0.3) is 5.76 Å². The molecule has 2 aromatic carbocycles. The van der Waals surface area contributed by atoms with Crippen molar-refractivity contribution < 1.29 is 4.74 Å². The number of hydrogen-bond donors (Lipinski definition) is 0. The molecule has 1 aliphatic heterocycles. The summed E-state index contributed by atoms with van der Waals surface area (Å²) >= 11 is 4.14. The summed E-state index contributed by atoms with van der Waals surface area (Å²) in [5.41, 5.74) is 2.41. The Labute approximate surface area is 131 Å². The minimum Gasteiger partial charge on any atom is -0.456 e. The van der Waals surface area contributed by atoms with Crippen LogP contribution in [0.5, 0.6) is 5.75 Å². The van der Waals surface area contributed by atoms with Crippen LogP contribution in [0.3, 0.4) is 0 Å². The van der Waals surface area contributed by atoms with Crippen LogP contribution >= 0.6 is 34.4 Å². The van der Waals surface area contributed by atoms with Crippen LogP contribution in [0.15, 0.2) is 57.0 Å². The summed E-state index contributed by atoms with van der Waals surface area (Å²) in [5, 5.41) is 0. The summed E-state index contributed by atoms with van der Waals surface area (Å²) in [4.78, 5) is 1.27. The average Bonchev–Trinajstić information content (AvgIpc) is 2.47. The standard InChI is InChI=1S/C16H13IOS/c1-19-13-8-6-11(7-9-13)16-14(17)10-12-4-2-3-5-15(12)18-16/h2-9H,10H2,1H3. The van der Waals surface area contributed by atoms with E-state index in [0.717, 1.165) is 23.5 Å². The monoisotopic (exact) mass is 380 g/mol. The second kappa shape index (κ2) is 5.59. The summed E-state index contributed by atoms with van der Waals surface area (Å²) in [5.74, 6) is 1.97. The van der Waals surface area contributed by atoms with Gasteiger partial charge in [0.15, 0.2) is 0 Å². The smallest absolute Gasteiger partial charge is 0.144 e. The predicted molar refractivity (Wildman–Crippen MR) is 89.9 cm³/mol. The third kappa shape index (κ3) is 2.67. The SMILES string of the molecule is CSc1ccc(C2=C(I)Cc3ccccc3O2)cc1. The van der Waals surface area contributed by atoms with E-state index in [0.29, 0.717) is 0 Å². The van der Waals surface area contributed by atoms with Crippen molar-refractivity contribution in [1.82, 2.24) is 0 Å². The third-order valence-electron chi connectivity index (χ3n) is 3.13. The lowest BCUT2D eigenvalue weighted by molar-refractivity contribution is 0.497. The molecule has 96 valence electrons. The Kier molecular flexibility index (Phi) is 3.84. The van der Waals surface area contributed by atoms with Gasteiger partial charge in [-0.2, -0.15) is 0 Å². The molecule has 0 spiro atoms. The van der Waals surface area contributed by atoms with Crippen molar-refractivity contribution in [3.05, 3.63) is 63.2 Å². The number of thioether (sulfide) groups is 1. The normalized spacial score (nSPS) is 14.0. The van der Waals surface area contributed by atoms with Gasteiger partial charge >= 0.3 is 0 Å². The Morgan fingerprint density at radius 2 is 1.79 bits per heavy atom. The van der Waals surface area contributed by atoms with Gasteiger partial charge in [0.25, 0.3) is 0 Å². The van der Waals surface area contributed by atoms with Gasteiger partial charge in [0.05, 0.1) is 0 Å². The number of para-hydroxylation sites is 1. The minimum absolute atomic E-state index is 0.955. The lowest BCUT2D eigenvalue weighted by Gasteiger charge is -2.21. The van der Waals surface area contributed by atoms with Gasteiger partial charge in [-0.15, -0.1) is 11.8 Å². The van der Waals surface area contributed by atoms with Gasteiger partial charge in [0.2, 0.25) is 0 Å². The van der Waals surface area contributed by atoms with Crippen molar-refractivity contribution in [3.63, 3.8) is 0 Å². The molecule has 0 atom stereocenters. The highest BCUT2D eigenvalue weighted by Gasteiger charge is 2.18. The second-order valence-electron chi connectivity index (χ2n) is 4.35. The van der Waals surface area contributed by atoms with E-state index in [-0.39, 0.29) is 0 Å². The Bertz CT molecular complexity index is 631. The molecule has 19 heavy (non-hydrogen) atoms. The van der Waals surface area contributed by atoms with Gasteiger partial charge in [-0.1, -0.05) is 30.3 Å². The van der Waals surface area contributed by atoms with E-state index < -0.39 is 0 Å². The van der Waals surface area contributed by atoms with E-state index in [1.807, 2.05) is 12.1 Å². The molecule has 0 aliphatic carbocycles. The van der Waals surface area contributed by atoms with E-state index in [4.69, 9.17) is 4.74 Å². The fraction of sp³-hybridized carbons (Fsp3) is 0.125. The van der Waals surface area contributed by atoms with Crippen molar-refractivity contribution in [1.29, 1.82) is 0 Å². The highest BCUT2D eigenvalue weighted by molar-refractivity contribution is 14.1. The van der Waals surface area contributed by atoms with Crippen molar-refractivity contribution in [2.45, 2.75) is 11.3 Å². The zero-order chi connectivity index (χ0) is 13.2. The molecular formula is C16H13IOS. The fourth-order valence-electron chi connectivity index (χ4n) is 2.12. The van der Waals surface area contributed by atoms with Crippen LogP contribution in [-0.2, 0) is 6.42 Å². The molecule has 1 nitrogen and oxygen atoms in total. The second-order valence-corrected chi connectivity index (χ2v) is 6.53. The molecular weight excluding hydrogens is 367 g/mol. The molecule has 0 bridgehead atoms. The molecule has 0 saturated carbocycles. The van der Waals surface area contributed by atoms with Crippen LogP contribution in [0.4, 0.5) is 0 Å². The molecule has 0 unspecified atom stereocenters. The lowest BCUT2D eigenvalue weighted by Crippen LogP contribution is -2.06. The van der Waals surface area contributed by atoms with Crippen molar-refractivity contribution >= 4 is 40.1 Å². The summed E-state index contributed by atoms with van der Waals surface area (Å²) in [7, 11) is 0. The molecule has 0 N–H and O–H groups in total. The third-order valence-corrected chi connectivity index (χ3v) is 4.74. The Balaban J connectivity index is 1.96. The van der Waals surface area contributed by atoms with Crippen molar-refractivity contribution in [2.75, 3.05) is 6.26 Å². The maximum atomic E-state index is 6.07.